The minimum atomic E-state index is -0.285. The summed E-state index contributed by atoms with van der Waals surface area (Å²) in [6.07, 6.45) is 4.80. The number of carbonyl (C=O) groups excluding carboxylic acids is 1. The summed E-state index contributed by atoms with van der Waals surface area (Å²) in [5.41, 5.74) is 2.98. The quantitative estimate of drug-likeness (QED) is 0.811. The zero-order valence-electron chi connectivity index (χ0n) is 13.0. The van der Waals surface area contributed by atoms with E-state index in [0.717, 1.165) is 38.2 Å². The molecule has 0 radical (unpaired) electrons. The number of ether oxygens (including phenoxy) is 1. The van der Waals surface area contributed by atoms with Crippen LogP contribution < -0.4 is 4.90 Å². The van der Waals surface area contributed by atoms with Crippen LogP contribution in [-0.2, 0) is 24.8 Å². The van der Waals surface area contributed by atoms with Crippen LogP contribution in [0.15, 0.2) is 24.5 Å². The lowest BCUT2D eigenvalue weighted by atomic mass is 10.0. The largest absolute Gasteiger partial charge is 0.465 e. The average molecular weight is 300 g/mol. The maximum atomic E-state index is 11.7. The molecule has 1 aliphatic rings. The third-order valence-electron chi connectivity index (χ3n) is 4.10. The molecule has 0 aliphatic carbocycles. The average Bonchev–Trinajstić information content (AvgIpc) is 2.83. The molecule has 0 saturated heterocycles. The van der Waals surface area contributed by atoms with Crippen molar-refractivity contribution in [2.75, 3.05) is 18.6 Å². The first kappa shape index (κ1) is 14.6. The predicted molar refractivity (Wildman–Crippen MR) is 82.8 cm³/mol. The normalized spacial score (nSPS) is 14.4. The van der Waals surface area contributed by atoms with Crippen molar-refractivity contribution >= 4 is 11.7 Å². The number of rotatable bonds is 3. The molecule has 22 heavy (non-hydrogen) atoms. The van der Waals surface area contributed by atoms with Crippen LogP contribution in [-0.4, -0.2) is 34.4 Å². The molecule has 1 aromatic heterocycles. The molecule has 1 aliphatic heterocycles. The van der Waals surface area contributed by atoms with Gasteiger partial charge in [-0.2, -0.15) is 5.10 Å². The van der Waals surface area contributed by atoms with Crippen LogP contribution in [0.4, 0.5) is 5.69 Å². The fraction of sp³-hybridized carbons (Fsp3) is 0.438. The van der Waals surface area contributed by atoms with Crippen LogP contribution in [0.2, 0.25) is 0 Å². The highest BCUT2D eigenvalue weighted by Crippen LogP contribution is 2.28. The van der Waals surface area contributed by atoms with E-state index >= 15 is 0 Å². The Morgan fingerprint density at radius 1 is 1.36 bits per heavy atom. The van der Waals surface area contributed by atoms with Gasteiger partial charge in [-0.3, -0.25) is 4.68 Å². The van der Waals surface area contributed by atoms with Crippen LogP contribution in [0, 0.1) is 0 Å². The second kappa shape index (κ2) is 6.17. The molecule has 0 amide bonds. The molecule has 116 valence electrons. The Labute approximate surface area is 129 Å². The summed E-state index contributed by atoms with van der Waals surface area (Å²) in [4.78, 5) is 18.3. The third kappa shape index (κ3) is 2.81. The summed E-state index contributed by atoms with van der Waals surface area (Å²) in [7, 11) is 3.32. The molecule has 0 saturated carbocycles. The van der Waals surface area contributed by atoms with E-state index in [1.54, 1.807) is 11.0 Å². The number of aryl methyl sites for hydroxylation is 2. The van der Waals surface area contributed by atoms with Crippen LogP contribution in [0.5, 0.6) is 0 Å². The third-order valence-corrected chi connectivity index (χ3v) is 4.10. The Hall–Kier alpha value is -2.37. The second-order valence-electron chi connectivity index (χ2n) is 5.51. The molecular weight excluding hydrogens is 280 g/mol. The van der Waals surface area contributed by atoms with E-state index in [2.05, 4.69) is 15.0 Å². The molecule has 2 aromatic rings. The summed E-state index contributed by atoms with van der Waals surface area (Å²) in [5, 5.41) is 4.13. The fourth-order valence-corrected chi connectivity index (χ4v) is 2.88. The first-order valence-corrected chi connectivity index (χ1v) is 7.48. The van der Waals surface area contributed by atoms with Crippen molar-refractivity contribution in [1.29, 1.82) is 0 Å². The minimum Gasteiger partial charge on any atom is -0.465 e. The molecule has 2 heterocycles. The first-order chi connectivity index (χ1) is 10.7. The van der Waals surface area contributed by atoms with Crippen molar-refractivity contribution < 1.29 is 9.53 Å². The Morgan fingerprint density at radius 2 is 2.23 bits per heavy atom. The minimum absolute atomic E-state index is 0.285. The molecule has 0 bridgehead atoms. The highest BCUT2D eigenvalue weighted by atomic mass is 16.5. The smallest absolute Gasteiger partial charge is 0.337 e. The number of benzene rings is 1. The topological polar surface area (TPSA) is 60.2 Å². The zero-order valence-corrected chi connectivity index (χ0v) is 13.0. The van der Waals surface area contributed by atoms with Gasteiger partial charge in [0.15, 0.2) is 0 Å². The molecule has 0 atom stereocenters. The lowest BCUT2D eigenvalue weighted by molar-refractivity contribution is 0.0600. The van der Waals surface area contributed by atoms with E-state index < -0.39 is 0 Å². The number of hydrogen-bond donors (Lipinski definition) is 0. The molecule has 6 nitrogen and oxygen atoms in total. The molecule has 0 unspecified atom stereocenters. The summed E-state index contributed by atoms with van der Waals surface area (Å²) in [6.45, 7) is 1.71. The molecular formula is C16H20N4O2. The van der Waals surface area contributed by atoms with Crippen LogP contribution >= 0.6 is 0 Å². The zero-order chi connectivity index (χ0) is 15.5. The van der Waals surface area contributed by atoms with Gasteiger partial charge in [0.2, 0.25) is 0 Å². The monoisotopic (exact) mass is 300 g/mol. The van der Waals surface area contributed by atoms with Gasteiger partial charge in [0.1, 0.15) is 12.2 Å². The summed E-state index contributed by atoms with van der Waals surface area (Å²) in [6, 6.07) is 5.80. The fourth-order valence-electron chi connectivity index (χ4n) is 2.88. The van der Waals surface area contributed by atoms with E-state index in [4.69, 9.17) is 4.74 Å². The Kier molecular flexibility index (Phi) is 4.09. The Morgan fingerprint density at radius 3 is 2.95 bits per heavy atom. The van der Waals surface area contributed by atoms with E-state index in [1.165, 1.54) is 18.4 Å². The van der Waals surface area contributed by atoms with Crippen LogP contribution in [0.1, 0.15) is 34.6 Å². The van der Waals surface area contributed by atoms with Crippen molar-refractivity contribution in [2.24, 2.45) is 7.05 Å². The maximum Gasteiger partial charge on any atom is 0.337 e. The molecule has 6 heteroatoms. The lowest BCUT2D eigenvalue weighted by Crippen LogP contribution is -2.25. The van der Waals surface area contributed by atoms with Crippen LogP contribution in [0.3, 0.4) is 0 Å². The second-order valence-corrected chi connectivity index (χ2v) is 5.51. The maximum absolute atomic E-state index is 11.7. The van der Waals surface area contributed by atoms with Gasteiger partial charge in [-0.1, -0.05) is 0 Å². The standard InChI is InChI=1S/C16H20N4O2/c1-19-15(17-11-18-19)10-20-8-4-3-5-12-9-13(16(21)22-2)6-7-14(12)20/h6-7,9,11H,3-5,8,10H2,1-2H3. The Bertz CT molecular complexity index is 681. The number of hydrogen-bond acceptors (Lipinski definition) is 5. The number of anilines is 1. The highest BCUT2D eigenvalue weighted by Gasteiger charge is 2.19. The molecule has 3 rings (SSSR count). The van der Waals surface area contributed by atoms with Crippen molar-refractivity contribution in [3.8, 4) is 0 Å². The van der Waals surface area contributed by atoms with Gasteiger partial charge in [0.25, 0.3) is 0 Å². The van der Waals surface area contributed by atoms with Crippen molar-refractivity contribution in [3.05, 3.63) is 41.5 Å². The predicted octanol–water partition coefficient (Wildman–Crippen LogP) is 1.94. The number of esters is 1. The number of aromatic nitrogens is 3. The van der Waals surface area contributed by atoms with E-state index in [1.807, 2.05) is 25.2 Å². The van der Waals surface area contributed by atoms with Crippen molar-refractivity contribution in [3.63, 3.8) is 0 Å². The van der Waals surface area contributed by atoms with Crippen molar-refractivity contribution in [2.45, 2.75) is 25.8 Å². The molecule has 0 N–H and O–H groups in total. The van der Waals surface area contributed by atoms with Gasteiger partial charge in [0, 0.05) is 19.3 Å². The van der Waals surface area contributed by atoms with Gasteiger partial charge in [0.05, 0.1) is 19.2 Å². The van der Waals surface area contributed by atoms with E-state index in [0.29, 0.717) is 5.56 Å². The lowest BCUT2D eigenvalue weighted by Gasteiger charge is -2.24. The van der Waals surface area contributed by atoms with Gasteiger partial charge >= 0.3 is 5.97 Å². The van der Waals surface area contributed by atoms with E-state index in [9.17, 15) is 4.79 Å². The van der Waals surface area contributed by atoms with Crippen LogP contribution in [0.25, 0.3) is 0 Å². The number of methoxy groups -OCH3 is 1. The first-order valence-electron chi connectivity index (χ1n) is 7.48. The Balaban J connectivity index is 1.91. The highest BCUT2D eigenvalue weighted by molar-refractivity contribution is 5.90. The molecule has 0 fully saturated rings. The number of fused-ring (bicyclic) bond motifs is 1. The number of nitrogens with zero attached hydrogens (tertiary/aromatic N) is 4. The summed E-state index contributed by atoms with van der Waals surface area (Å²) < 4.78 is 6.61. The van der Waals surface area contributed by atoms with Gasteiger partial charge in [-0.25, -0.2) is 9.78 Å². The number of carbonyl (C=O) groups is 1. The van der Waals surface area contributed by atoms with Gasteiger partial charge < -0.3 is 9.64 Å². The molecule has 0 spiro atoms. The van der Waals surface area contributed by atoms with Gasteiger partial charge in [-0.05, 0) is 43.0 Å². The van der Waals surface area contributed by atoms with Crippen molar-refractivity contribution in [1.82, 2.24) is 14.8 Å². The van der Waals surface area contributed by atoms with Gasteiger partial charge in [-0.15, -0.1) is 0 Å². The van der Waals surface area contributed by atoms with E-state index in [-0.39, 0.29) is 5.97 Å². The molecule has 1 aromatic carbocycles. The summed E-state index contributed by atoms with van der Waals surface area (Å²) >= 11 is 0. The summed E-state index contributed by atoms with van der Waals surface area (Å²) in [5.74, 6) is 0.650. The SMILES string of the molecule is COC(=O)c1ccc2c(c1)CCCCN2Cc1ncnn1C.